The predicted octanol–water partition coefficient (Wildman–Crippen LogP) is 1.24. The average molecular weight is 191 g/mol. The van der Waals surface area contributed by atoms with Crippen LogP contribution >= 0.6 is 0 Å². The Labute approximate surface area is 78.0 Å². The molecule has 0 aliphatic rings. The lowest BCUT2D eigenvalue weighted by atomic mass is 10.2. The van der Waals surface area contributed by atoms with Crippen molar-refractivity contribution >= 4 is 16.6 Å². The summed E-state index contributed by atoms with van der Waals surface area (Å²) in [7, 11) is 0. The molecular formula is C8H5N3O3. The van der Waals surface area contributed by atoms with Crippen molar-refractivity contribution in [2.75, 3.05) is 0 Å². The van der Waals surface area contributed by atoms with Crippen LogP contribution in [0.3, 0.4) is 0 Å². The number of nitro benzene ring substituents is 1. The Morgan fingerprint density at radius 3 is 2.93 bits per heavy atom. The number of phenolic OH excluding ortho intramolecular Hbond substituents is 1. The fraction of sp³-hybridized carbons (Fsp3) is 0. The zero-order valence-electron chi connectivity index (χ0n) is 6.91. The standard InChI is InChI=1S/C8H5N3O3/c12-8-2-6-5(3-9-4-10-6)1-7(8)11(13)14/h1-4,12H. The Bertz CT molecular complexity index is 512. The number of fused-ring (bicyclic) bond motifs is 1. The van der Waals surface area contributed by atoms with Crippen LogP contribution in [0.2, 0.25) is 0 Å². The van der Waals surface area contributed by atoms with Gasteiger partial charge in [-0.05, 0) is 0 Å². The molecule has 0 radical (unpaired) electrons. The molecule has 0 amide bonds. The molecule has 14 heavy (non-hydrogen) atoms. The minimum Gasteiger partial charge on any atom is -0.502 e. The molecule has 0 aliphatic heterocycles. The van der Waals surface area contributed by atoms with Gasteiger partial charge in [0, 0.05) is 23.7 Å². The average Bonchev–Trinajstić information content (AvgIpc) is 2.16. The number of rotatable bonds is 1. The second-order valence-corrected chi connectivity index (χ2v) is 2.68. The smallest absolute Gasteiger partial charge is 0.311 e. The molecule has 0 unspecified atom stereocenters. The summed E-state index contributed by atoms with van der Waals surface area (Å²) < 4.78 is 0. The quantitative estimate of drug-likeness (QED) is 0.541. The Kier molecular flexibility index (Phi) is 1.74. The molecule has 0 aliphatic carbocycles. The number of nitrogens with zero attached hydrogens (tertiary/aromatic N) is 3. The summed E-state index contributed by atoms with van der Waals surface area (Å²) in [6.07, 6.45) is 2.77. The second kappa shape index (κ2) is 2.91. The molecular weight excluding hydrogens is 186 g/mol. The van der Waals surface area contributed by atoms with Gasteiger partial charge in [0.2, 0.25) is 0 Å². The van der Waals surface area contributed by atoms with Crippen LogP contribution in [0.15, 0.2) is 24.7 Å². The zero-order valence-corrected chi connectivity index (χ0v) is 6.91. The van der Waals surface area contributed by atoms with Gasteiger partial charge in [0.15, 0.2) is 5.75 Å². The Balaban J connectivity index is 2.77. The van der Waals surface area contributed by atoms with Crippen LogP contribution in [0.25, 0.3) is 10.9 Å². The third-order valence-electron chi connectivity index (χ3n) is 1.80. The molecule has 1 N–H and O–H groups in total. The van der Waals surface area contributed by atoms with Gasteiger partial charge in [0.05, 0.1) is 10.4 Å². The summed E-state index contributed by atoms with van der Waals surface area (Å²) in [6.45, 7) is 0. The van der Waals surface area contributed by atoms with E-state index in [1.54, 1.807) is 0 Å². The first-order valence-electron chi connectivity index (χ1n) is 3.75. The van der Waals surface area contributed by atoms with Gasteiger partial charge >= 0.3 is 5.69 Å². The van der Waals surface area contributed by atoms with Crippen LogP contribution in [-0.2, 0) is 0 Å². The molecule has 2 rings (SSSR count). The fourth-order valence-electron chi connectivity index (χ4n) is 1.15. The molecule has 6 heteroatoms. The minimum absolute atomic E-state index is 0.340. The van der Waals surface area contributed by atoms with Gasteiger partial charge in [0.1, 0.15) is 6.33 Å². The van der Waals surface area contributed by atoms with Crippen LogP contribution in [0.1, 0.15) is 0 Å². The summed E-state index contributed by atoms with van der Waals surface area (Å²) >= 11 is 0. The van der Waals surface area contributed by atoms with E-state index in [9.17, 15) is 15.2 Å². The predicted molar refractivity (Wildman–Crippen MR) is 47.9 cm³/mol. The third-order valence-corrected chi connectivity index (χ3v) is 1.80. The highest BCUT2D eigenvalue weighted by Gasteiger charge is 2.14. The fourth-order valence-corrected chi connectivity index (χ4v) is 1.15. The maximum Gasteiger partial charge on any atom is 0.311 e. The number of hydrogen-bond donors (Lipinski definition) is 1. The monoisotopic (exact) mass is 191 g/mol. The number of aromatic hydroxyl groups is 1. The summed E-state index contributed by atoms with van der Waals surface area (Å²) in [5, 5.41) is 20.3. The van der Waals surface area contributed by atoms with Crippen LogP contribution in [0, 0.1) is 10.1 Å². The van der Waals surface area contributed by atoms with Crippen LogP contribution in [0.4, 0.5) is 5.69 Å². The van der Waals surface area contributed by atoms with Crippen LogP contribution in [0.5, 0.6) is 5.75 Å². The largest absolute Gasteiger partial charge is 0.502 e. The molecule has 0 bridgehead atoms. The minimum atomic E-state index is -0.651. The molecule has 0 fully saturated rings. The van der Waals surface area contributed by atoms with Gasteiger partial charge in [-0.2, -0.15) is 0 Å². The zero-order chi connectivity index (χ0) is 10.1. The number of hydrogen-bond acceptors (Lipinski definition) is 5. The molecule has 2 aromatic rings. The number of benzene rings is 1. The molecule has 1 aromatic carbocycles. The number of nitro groups is 1. The van der Waals surface area contributed by atoms with Crippen molar-refractivity contribution in [3.63, 3.8) is 0 Å². The maximum absolute atomic E-state index is 10.5. The number of phenols is 1. The van der Waals surface area contributed by atoms with Crippen molar-refractivity contribution in [2.24, 2.45) is 0 Å². The molecule has 70 valence electrons. The van der Waals surface area contributed by atoms with Crippen LogP contribution in [-0.4, -0.2) is 20.0 Å². The van der Waals surface area contributed by atoms with E-state index < -0.39 is 4.92 Å². The van der Waals surface area contributed by atoms with E-state index >= 15 is 0 Å². The third kappa shape index (κ3) is 1.22. The topological polar surface area (TPSA) is 89.2 Å². The Morgan fingerprint density at radius 1 is 1.43 bits per heavy atom. The summed E-state index contributed by atoms with van der Waals surface area (Å²) in [5.41, 5.74) is 0.135. The summed E-state index contributed by atoms with van der Waals surface area (Å²) in [4.78, 5) is 17.4. The first-order valence-corrected chi connectivity index (χ1v) is 3.75. The molecule has 0 saturated carbocycles. The van der Waals surface area contributed by atoms with Gasteiger partial charge in [0.25, 0.3) is 0 Å². The van der Waals surface area contributed by atoms with E-state index in [1.165, 1.54) is 24.7 Å². The summed E-state index contributed by atoms with van der Waals surface area (Å²) in [5.74, 6) is -0.388. The van der Waals surface area contributed by atoms with E-state index in [0.717, 1.165) is 0 Å². The molecule has 0 spiro atoms. The highest BCUT2D eigenvalue weighted by molar-refractivity contribution is 5.82. The van der Waals surface area contributed by atoms with Crippen molar-refractivity contribution in [2.45, 2.75) is 0 Å². The van der Waals surface area contributed by atoms with Crippen LogP contribution < -0.4 is 0 Å². The molecule has 0 saturated heterocycles. The first-order chi connectivity index (χ1) is 6.68. The van der Waals surface area contributed by atoms with Gasteiger partial charge in [-0.15, -0.1) is 0 Å². The van der Waals surface area contributed by atoms with E-state index in [0.29, 0.717) is 10.9 Å². The molecule has 6 nitrogen and oxygen atoms in total. The van der Waals surface area contributed by atoms with Crippen molar-refractivity contribution in [3.05, 3.63) is 34.8 Å². The molecule has 0 atom stereocenters. The van der Waals surface area contributed by atoms with Gasteiger partial charge in [-0.1, -0.05) is 0 Å². The normalized spacial score (nSPS) is 10.3. The van der Waals surface area contributed by atoms with Gasteiger partial charge in [-0.25, -0.2) is 9.97 Å². The number of aromatic nitrogens is 2. The van der Waals surface area contributed by atoms with Crippen molar-refractivity contribution in [3.8, 4) is 5.75 Å². The van der Waals surface area contributed by atoms with Crippen molar-refractivity contribution in [1.82, 2.24) is 9.97 Å². The Hall–Kier alpha value is -2.24. The van der Waals surface area contributed by atoms with Crippen molar-refractivity contribution in [1.29, 1.82) is 0 Å². The van der Waals surface area contributed by atoms with Gasteiger partial charge in [-0.3, -0.25) is 10.1 Å². The highest BCUT2D eigenvalue weighted by Crippen LogP contribution is 2.29. The highest BCUT2D eigenvalue weighted by atomic mass is 16.6. The van der Waals surface area contributed by atoms with E-state index in [1.807, 2.05) is 0 Å². The molecule has 1 heterocycles. The van der Waals surface area contributed by atoms with Gasteiger partial charge < -0.3 is 5.11 Å². The summed E-state index contributed by atoms with van der Waals surface area (Å²) in [6, 6.07) is 2.49. The SMILES string of the molecule is O=[N+]([O-])c1cc2cncnc2cc1O. The second-order valence-electron chi connectivity index (χ2n) is 2.68. The lowest BCUT2D eigenvalue weighted by Gasteiger charge is -1.98. The lowest BCUT2D eigenvalue weighted by Crippen LogP contribution is -1.89. The van der Waals surface area contributed by atoms with E-state index in [4.69, 9.17) is 0 Å². The lowest BCUT2D eigenvalue weighted by molar-refractivity contribution is -0.385. The first kappa shape index (κ1) is 8.36. The maximum atomic E-state index is 10.5. The Morgan fingerprint density at radius 2 is 2.21 bits per heavy atom. The molecule has 1 aromatic heterocycles. The van der Waals surface area contributed by atoms with E-state index in [-0.39, 0.29) is 11.4 Å². The van der Waals surface area contributed by atoms with E-state index in [2.05, 4.69) is 9.97 Å². The van der Waals surface area contributed by atoms with Crippen molar-refractivity contribution < 1.29 is 10.0 Å².